The number of alkyl halides is 7. The summed E-state index contributed by atoms with van der Waals surface area (Å²) >= 11 is 0. The molecule has 1 nitrogen and oxygen atoms in total. The highest BCUT2D eigenvalue weighted by Crippen LogP contribution is 2.46. The highest BCUT2D eigenvalue weighted by molar-refractivity contribution is 4.84. The predicted octanol–water partition coefficient (Wildman–Crippen LogP) is 3.06. The topological polar surface area (TPSA) is 9.23 Å². The van der Waals surface area contributed by atoms with Crippen LogP contribution >= 0.6 is 0 Å². The van der Waals surface area contributed by atoms with Crippen molar-refractivity contribution in [3.8, 4) is 0 Å². The van der Waals surface area contributed by atoms with Crippen LogP contribution < -0.4 is 0 Å². The second-order valence-corrected chi connectivity index (χ2v) is 1.79. The van der Waals surface area contributed by atoms with E-state index in [4.69, 9.17) is 0 Å². The molecule has 0 unspecified atom stereocenters. The maximum Gasteiger partial charge on any atom is 0.462 e. The van der Waals surface area contributed by atoms with E-state index in [-0.39, 0.29) is 14.5 Å². The molecule has 0 bridgehead atoms. The summed E-state index contributed by atoms with van der Waals surface area (Å²) in [5.74, 6) is -6.17. The lowest BCUT2D eigenvalue weighted by atomic mass is 10.3. The van der Waals surface area contributed by atoms with Gasteiger partial charge >= 0.3 is 18.2 Å². The Hall–Kier alpha value is -0.530. The van der Waals surface area contributed by atoms with E-state index in [1.807, 2.05) is 0 Å². The number of methoxy groups -OCH3 is 1. The molecule has 0 radical (unpaired) electrons. The van der Waals surface area contributed by atoms with Gasteiger partial charge in [-0.3, -0.25) is 0 Å². The van der Waals surface area contributed by atoms with Crippen LogP contribution in [0.4, 0.5) is 30.7 Å². The molecule has 0 aliphatic rings. The number of hydrogen-bond donors (Lipinski definition) is 0. The molecule has 0 heterocycles. The smallest absolute Gasteiger partial charge is 0.319 e. The Labute approximate surface area is 69.5 Å². The van der Waals surface area contributed by atoms with Crippen molar-refractivity contribution in [1.82, 2.24) is 0 Å². The molecule has 13 heavy (non-hydrogen) atoms. The quantitative estimate of drug-likeness (QED) is 0.644. The van der Waals surface area contributed by atoms with E-state index >= 15 is 0 Å². The zero-order chi connectivity index (χ0) is 10.2. The van der Waals surface area contributed by atoms with E-state index in [2.05, 4.69) is 4.74 Å². The number of ether oxygens (including phenoxy) is 1. The number of rotatable bonds is 2. The predicted molar refractivity (Wildman–Crippen MR) is 29.7 cm³/mol. The van der Waals surface area contributed by atoms with Crippen LogP contribution in [0.5, 0.6) is 0 Å². The van der Waals surface area contributed by atoms with Gasteiger partial charge in [-0.25, -0.2) is 0 Å². The van der Waals surface area contributed by atoms with Gasteiger partial charge in [0.1, 0.15) is 0 Å². The summed E-state index contributed by atoms with van der Waals surface area (Å²) in [6.07, 6.45) is -11.9. The number of hydrogen-bond acceptors (Lipinski definition) is 1. The van der Waals surface area contributed by atoms with Gasteiger partial charge in [-0.05, 0) is 0 Å². The minimum absolute atomic E-state index is 0. The minimum atomic E-state index is -6.33. The van der Waals surface area contributed by atoms with Crippen LogP contribution in [0.1, 0.15) is 7.43 Å². The Morgan fingerprint density at radius 3 is 1.23 bits per heavy atom. The Bertz CT molecular complexity index is 161. The molecule has 8 heteroatoms. The van der Waals surface area contributed by atoms with Crippen molar-refractivity contribution in [3.63, 3.8) is 0 Å². The maximum absolute atomic E-state index is 11.7. The van der Waals surface area contributed by atoms with Gasteiger partial charge in [0.05, 0.1) is 0 Å². The zero-order valence-electron chi connectivity index (χ0n) is 5.55. The Balaban J connectivity index is 0. The molecule has 0 spiro atoms. The molecule has 0 aromatic carbocycles. The Morgan fingerprint density at radius 1 is 0.846 bits per heavy atom. The summed E-state index contributed by atoms with van der Waals surface area (Å²) in [5.41, 5.74) is 0. The van der Waals surface area contributed by atoms with Gasteiger partial charge in [-0.2, -0.15) is 30.7 Å². The lowest BCUT2D eigenvalue weighted by molar-refractivity contribution is -0.418. The molecule has 0 aromatic rings. The first-order valence-electron chi connectivity index (χ1n) is 2.44. The Kier molecular flexibility index (Phi) is 4.24. The lowest BCUT2D eigenvalue weighted by Gasteiger charge is -2.26. The summed E-state index contributed by atoms with van der Waals surface area (Å²) in [4.78, 5) is 0. The molecule has 0 aliphatic carbocycles. The van der Waals surface area contributed by atoms with Gasteiger partial charge in [-0.15, -0.1) is 0 Å². The van der Waals surface area contributed by atoms with E-state index in [0.29, 0.717) is 0 Å². The normalized spacial score (nSPS) is 13.8. The van der Waals surface area contributed by atoms with E-state index in [1.165, 1.54) is 0 Å². The Morgan fingerprint density at radius 2 is 1.15 bits per heavy atom. The van der Waals surface area contributed by atoms with Gasteiger partial charge in [0.2, 0.25) is 0 Å². The van der Waals surface area contributed by atoms with E-state index in [0.717, 1.165) is 0 Å². The van der Waals surface area contributed by atoms with E-state index in [1.54, 1.807) is 0 Å². The summed E-state index contributed by atoms with van der Waals surface area (Å²) in [6, 6.07) is 0. The van der Waals surface area contributed by atoms with E-state index in [9.17, 15) is 30.7 Å². The van der Waals surface area contributed by atoms with Crippen molar-refractivity contribution in [1.29, 1.82) is 0 Å². The average Bonchev–Trinajstić information content (AvgIpc) is 1.85. The summed E-state index contributed by atoms with van der Waals surface area (Å²) in [7, 11) is 0.0552. The highest BCUT2D eigenvalue weighted by atomic mass is 19.4. The van der Waals surface area contributed by atoms with Crippen LogP contribution in [0, 0.1) is 0 Å². The van der Waals surface area contributed by atoms with Gasteiger partial charge in [0.15, 0.2) is 0 Å². The first-order valence-corrected chi connectivity index (χ1v) is 2.44. The lowest BCUT2D eigenvalue weighted by Crippen LogP contribution is -2.52. The van der Waals surface area contributed by atoms with Crippen LogP contribution in [0.2, 0.25) is 0 Å². The van der Waals surface area contributed by atoms with Crippen molar-refractivity contribution in [2.24, 2.45) is 0 Å². The molecule has 0 fully saturated rings. The van der Waals surface area contributed by atoms with Crippen LogP contribution in [0.25, 0.3) is 0 Å². The third-order valence-corrected chi connectivity index (χ3v) is 0.978. The highest BCUT2D eigenvalue weighted by Gasteiger charge is 2.74. The largest absolute Gasteiger partial charge is 0.462 e. The second kappa shape index (κ2) is 3.69. The van der Waals surface area contributed by atoms with Gasteiger partial charge in [-0.1, -0.05) is 7.43 Å². The fourth-order valence-electron chi connectivity index (χ4n) is 0.293. The fourth-order valence-corrected chi connectivity index (χ4v) is 0.293. The van der Waals surface area contributed by atoms with Crippen LogP contribution in [0.15, 0.2) is 0 Å². The van der Waals surface area contributed by atoms with Crippen LogP contribution in [-0.4, -0.2) is 25.3 Å². The zero-order valence-corrected chi connectivity index (χ0v) is 5.55. The molecule has 0 rings (SSSR count). The molecule has 0 N–H and O–H groups in total. The first-order chi connectivity index (χ1) is 5.06. The molecular weight excluding hydrogens is 209 g/mol. The molecule has 0 saturated carbocycles. The van der Waals surface area contributed by atoms with Crippen molar-refractivity contribution in [3.05, 3.63) is 0 Å². The summed E-state index contributed by atoms with van der Waals surface area (Å²) in [5, 5.41) is 0. The molecular formula is C5H7F7O. The van der Waals surface area contributed by atoms with Gasteiger partial charge in [0.25, 0.3) is 0 Å². The molecule has 0 saturated heterocycles. The third-order valence-electron chi connectivity index (χ3n) is 0.978. The third kappa shape index (κ3) is 2.45. The maximum atomic E-state index is 11.7. The molecule has 82 valence electrons. The monoisotopic (exact) mass is 216 g/mol. The molecule has 0 aromatic heterocycles. The van der Waals surface area contributed by atoms with Crippen molar-refractivity contribution in [2.75, 3.05) is 7.11 Å². The van der Waals surface area contributed by atoms with Crippen LogP contribution in [-0.2, 0) is 4.74 Å². The van der Waals surface area contributed by atoms with Crippen molar-refractivity contribution in [2.45, 2.75) is 25.6 Å². The minimum Gasteiger partial charge on any atom is -0.319 e. The number of halogens is 7. The van der Waals surface area contributed by atoms with E-state index < -0.39 is 18.2 Å². The SMILES string of the molecule is C.COC(F)(F)C(F)(F)C(F)(F)F. The summed E-state index contributed by atoms with van der Waals surface area (Å²) in [6.45, 7) is 0. The molecule has 0 aliphatic heterocycles. The second-order valence-electron chi connectivity index (χ2n) is 1.79. The van der Waals surface area contributed by atoms with Crippen molar-refractivity contribution < 1.29 is 35.5 Å². The summed E-state index contributed by atoms with van der Waals surface area (Å²) < 4.78 is 83.2. The first kappa shape index (κ1) is 15.0. The molecule has 0 atom stereocenters. The van der Waals surface area contributed by atoms with Gasteiger partial charge in [0, 0.05) is 7.11 Å². The van der Waals surface area contributed by atoms with Crippen LogP contribution in [0.3, 0.4) is 0 Å². The average molecular weight is 216 g/mol. The van der Waals surface area contributed by atoms with Gasteiger partial charge < -0.3 is 4.74 Å². The fraction of sp³-hybridized carbons (Fsp3) is 1.00. The standard InChI is InChI=1S/C4H3F7O.CH4/c1-12-4(10,11)2(5,6)3(7,8)9;/h1H3;1H4. The molecule has 0 amide bonds. The van der Waals surface area contributed by atoms with Crippen molar-refractivity contribution >= 4 is 0 Å².